The van der Waals surface area contributed by atoms with E-state index in [1.54, 1.807) is 26.0 Å². The minimum absolute atomic E-state index is 0.265. The van der Waals surface area contributed by atoms with Gasteiger partial charge in [0.2, 0.25) is 0 Å². The molecule has 0 aliphatic rings. The Kier molecular flexibility index (Phi) is 4.44. The van der Waals surface area contributed by atoms with Crippen molar-refractivity contribution in [3.05, 3.63) is 62.3 Å². The molecule has 7 heteroatoms. The molecule has 1 N–H and O–H groups in total. The van der Waals surface area contributed by atoms with E-state index in [0.717, 1.165) is 11.3 Å². The Balaban J connectivity index is 2.04. The zero-order valence-corrected chi connectivity index (χ0v) is 14.0. The van der Waals surface area contributed by atoms with Crippen LogP contribution in [0.1, 0.15) is 33.5 Å². The lowest BCUT2D eigenvalue weighted by molar-refractivity contribution is 0.0531. The lowest BCUT2D eigenvalue weighted by Crippen LogP contribution is -2.12. The zero-order chi connectivity index (χ0) is 17.3. The number of fused-ring (bicyclic) bond motifs is 1. The highest BCUT2D eigenvalue weighted by Gasteiger charge is 2.20. The standard InChI is InChI=1S/C17H15FN2O3S/c1-3-23-17(22)14-9(2)13-15(21)19-12(20-16(13)24-14)8-10-5-4-6-11(18)7-10/h4-7H,3,8H2,1-2H3,(H,19,20,21). The topological polar surface area (TPSA) is 72.0 Å². The maximum atomic E-state index is 13.3. The highest BCUT2D eigenvalue weighted by atomic mass is 32.1. The van der Waals surface area contributed by atoms with Crippen molar-refractivity contribution in [2.75, 3.05) is 6.61 Å². The number of nitrogens with zero attached hydrogens (tertiary/aromatic N) is 1. The third kappa shape index (κ3) is 3.07. The van der Waals surface area contributed by atoms with Crippen molar-refractivity contribution in [1.82, 2.24) is 9.97 Å². The number of thiophene rings is 1. The smallest absolute Gasteiger partial charge is 0.348 e. The largest absolute Gasteiger partial charge is 0.462 e. The minimum atomic E-state index is -0.455. The highest BCUT2D eigenvalue weighted by Crippen LogP contribution is 2.27. The molecule has 5 nitrogen and oxygen atoms in total. The first-order valence-corrected chi connectivity index (χ1v) is 8.25. The maximum absolute atomic E-state index is 13.3. The molecule has 3 rings (SSSR count). The van der Waals surface area contributed by atoms with Crippen molar-refractivity contribution < 1.29 is 13.9 Å². The first kappa shape index (κ1) is 16.3. The molecule has 0 bridgehead atoms. The molecule has 0 spiro atoms. The summed E-state index contributed by atoms with van der Waals surface area (Å²) in [4.78, 5) is 32.3. The molecule has 3 aromatic rings. The maximum Gasteiger partial charge on any atom is 0.348 e. The van der Waals surface area contributed by atoms with Gasteiger partial charge in [0.1, 0.15) is 21.3 Å². The molecule has 0 saturated heterocycles. The van der Waals surface area contributed by atoms with Crippen molar-refractivity contribution in [2.45, 2.75) is 20.3 Å². The van der Waals surface area contributed by atoms with Gasteiger partial charge >= 0.3 is 5.97 Å². The second-order valence-corrected chi connectivity index (χ2v) is 6.28. The van der Waals surface area contributed by atoms with Crippen molar-refractivity contribution in [3.8, 4) is 0 Å². The van der Waals surface area contributed by atoms with Crippen LogP contribution in [0, 0.1) is 12.7 Å². The summed E-state index contributed by atoms with van der Waals surface area (Å²) in [7, 11) is 0. The van der Waals surface area contributed by atoms with Gasteiger partial charge in [0.25, 0.3) is 5.56 Å². The van der Waals surface area contributed by atoms with Crippen LogP contribution < -0.4 is 5.56 Å². The summed E-state index contributed by atoms with van der Waals surface area (Å²) >= 11 is 1.13. The quantitative estimate of drug-likeness (QED) is 0.737. The van der Waals surface area contributed by atoms with Crippen LogP contribution in [0.15, 0.2) is 29.1 Å². The molecular weight excluding hydrogens is 331 g/mol. The number of halogens is 1. The van der Waals surface area contributed by atoms with E-state index in [9.17, 15) is 14.0 Å². The lowest BCUT2D eigenvalue weighted by atomic mass is 10.1. The van der Waals surface area contributed by atoms with Gasteiger partial charge in [-0.1, -0.05) is 12.1 Å². The van der Waals surface area contributed by atoms with Crippen LogP contribution in [0.25, 0.3) is 10.2 Å². The Morgan fingerprint density at radius 1 is 1.42 bits per heavy atom. The summed E-state index contributed by atoms with van der Waals surface area (Å²) in [5, 5.41) is 0.394. The van der Waals surface area contributed by atoms with E-state index in [4.69, 9.17) is 4.74 Å². The second-order valence-electron chi connectivity index (χ2n) is 5.28. The van der Waals surface area contributed by atoms with Crippen LogP contribution in [-0.2, 0) is 11.2 Å². The third-order valence-corrected chi connectivity index (χ3v) is 4.74. The number of hydrogen-bond donors (Lipinski definition) is 1. The number of carbonyl (C=O) groups excluding carboxylic acids is 1. The van der Waals surface area contributed by atoms with Gasteiger partial charge in [-0.25, -0.2) is 14.2 Å². The number of rotatable bonds is 4. The summed E-state index contributed by atoms with van der Waals surface area (Å²) in [6, 6.07) is 6.12. The van der Waals surface area contributed by atoms with Gasteiger partial charge in [-0.2, -0.15) is 0 Å². The normalized spacial score (nSPS) is 11.0. The number of carbonyl (C=O) groups is 1. The van der Waals surface area contributed by atoms with E-state index < -0.39 is 5.97 Å². The Bertz CT molecular complexity index is 978. The third-order valence-electron chi connectivity index (χ3n) is 3.57. The van der Waals surface area contributed by atoms with Gasteiger partial charge in [0.15, 0.2) is 0 Å². The number of benzene rings is 1. The number of aryl methyl sites for hydroxylation is 1. The molecular formula is C17H15FN2O3S. The highest BCUT2D eigenvalue weighted by molar-refractivity contribution is 7.20. The number of esters is 1. The minimum Gasteiger partial charge on any atom is -0.462 e. The number of nitrogens with one attached hydrogen (secondary N) is 1. The molecule has 124 valence electrons. The van der Waals surface area contributed by atoms with Gasteiger partial charge < -0.3 is 9.72 Å². The number of hydrogen-bond acceptors (Lipinski definition) is 5. The number of aromatic nitrogens is 2. The van der Waals surface area contributed by atoms with Crippen molar-refractivity contribution in [3.63, 3.8) is 0 Å². The predicted octanol–water partition coefficient (Wildman–Crippen LogP) is 3.20. The number of ether oxygens (including phenoxy) is 1. The van der Waals surface area contributed by atoms with Gasteiger partial charge in [-0.05, 0) is 37.1 Å². The van der Waals surface area contributed by atoms with E-state index in [1.807, 2.05) is 0 Å². The molecule has 2 heterocycles. The molecule has 0 aliphatic heterocycles. The molecule has 24 heavy (non-hydrogen) atoms. The fraction of sp³-hybridized carbons (Fsp3) is 0.235. The zero-order valence-electron chi connectivity index (χ0n) is 13.2. The molecule has 1 aromatic carbocycles. The Labute approximate surface area is 141 Å². The monoisotopic (exact) mass is 346 g/mol. The first-order chi connectivity index (χ1) is 11.5. The first-order valence-electron chi connectivity index (χ1n) is 7.43. The molecule has 0 amide bonds. The van der Waals surface area contributed by atoms with E-state index >= 15 is 0 Å². The van der Waals surface area contributed by atoms with E-state index in [1.165, 1.54) is 12.1 Å². The fourth-order valence-electron chi connectivity index (χ4n) is 2.50. The summed E-state index contributed by atoms with van der Waals surface area (Å²) < 4.78 is 18.3. The van der Waals surface area contributed by atoms with Crippen LogP contribution in [-0.4, -0.2) is 22.5 Å². The van der Waals surface area contributed by atoms with Gasteiger partial charge in [0, 0.05) is 6.42 Å². The van der Waals surface area contributed by atoms with Crippen molar-refractivity contribution in [1.29, 1.82) is 0 Å². The molecule has 0 saturated carbocycles. The van der Waals surface area contributed by atoms with Crippen LogP contribution in [0.4, 0.5) is 4.39 Å². The average Bonchev–Trinajstić information content (AvgIpc) is 2.85. The summed E-state index contributed by atoms with van der Waals surface area (Å²) in [5.74, 6) is -0.369. The van der Waals surface area contributed by atoms with Crippen LogP contribution in [0.3, 0.4) is 0 Å². The van der Waals surface area contributed by atoms with Crippen LogP contribution >= 0.6 is 11.3 Å². The Morgan fingerprint density at radius 3 is 2.92 bits per heavy atom. The summed E-state index contributed by atoms with van der Waals surface area (Å²) in [6.45, 7) is 3.69. The second kappa shape index (κ2) is 6.52. The Morgan fingerprint density at radius 2 is 2.21 bits per heavy atom. The SMILES string of the molecule is CCOC(=O)c1sc2nc(Cc3cccc(F)c3)[nH]c(=O)c2c1C. The average molecular weight is 346 g/mol. The Hall–Kier alpha value is -2.54. The predicted molar refractivity (Wildman–Crippen MR) is 90.1 cm³/mol. The van der Waals surface area contributed by atoms with Gasteiger partial charge in [0.05, 0.1) is 12.0 Å². The van der Waals surface area contributed by atoms with Gasteiger partial charge in [-0.15, -0.1) is 11.3 Å². The molecule has 0 unspecified atom stereocenters. The van der Waals surface area contributed by atoms with Crippen molar-refractivity contribution in [2.24, 2.45) is 0 Å². The summed E-state index contributed by atoms with van der Waals surface area (Å²) in [6.07, 6.45) is 0.300. The number of H-pyrrole nitrogens is 1. The fourth-order valence-corrected chi connectivity index (χ4v) is 3.60. The molecule has 0 aliphatic carbocycles. The van der Waals surface area contributed by atoms with Crippen LogP contribution in [0.2, 0.25) is 0 Å². The van der Waals surface area contributed by atoms with E-state index in [-0.39, 0.29) is 18.0 Å². The lowest BCUT2D eigenvalue weighted by Gasteiger charge is -2.02. The molecule has 0 radical (unpaired) electrons. The van der Waals surface area contributed by atoms with Gasteiger partial charge in [-0.3, -0.25) is 4.79 Å². The molecule has 0 atom stereocenters. The number of aromatic amines is 1. The van der Waals surface area contributed by atoms with Crippen LogP contribution in [0.5, 0.6) is 0 Å². The van der Waals surface area contributed by atoms with E-state index in [0.29, 0.717) is 38.5 Å². The molecule has 0 fully saturated rings. The molecule has 2 aromatic heterocycles. The van der Waals surface area contributed by atoms with E-state index in [2.05, 4.69) is 9.97 Å². The van der Waals surface area contributed by atoms with Crippen molar-refractivity contribution >= 4 is 27.5 Å². The summed E-state index contributed by atoms with van der Waals surface area (Å²) in [5.41, 5.74) is 0.964.